The number of halogens is 3. The van der Waals surface area contributed by atoms with Crippen molar-refractivity contribution in [3.8, 4) is 0 Å². The van der Waals surface area contributed by atoms with Gasteiger partial charge in [0.1, 0.15) is 0 Å². The van der Waals surface area contributed by atoms with Gasteiger partial charge in [0.2, 0.25) is 0 Å². The van der Waals surface area contributed by atoms with Crippen molar-refractivity contribution in [2.75, 3.05) is 11.8 Å². The summed E-state index contributed by atoms with van der Waals surface area (Å²) in [5.41, 5.74) is 1.86. The molecule has 1 aromatic rings. The number of alkyl halides is 2. The van der Waals surface area contributed by atoms with E-state index in [2.05, 4.69) is 18.9 Å². The zero-order valence-corrected chi connectivity index (χ0v) is 13.5. The highest BCUT2D eigenvalue weighted by Crippen LogP contribution is 2.35. The smallest absolute Gasteiger partial charge is 0.0847 e. The molecule has 0 spiro atoms. The second-order valence-electron chi connectivity index (χ2n) is 4.86. The highest BCUT2D eigenvalue weighted by Gasteiger charge is 2.30. The van der Waals surface area contributed by atoms with Crippen LogP contribution >= 0.6 is 34.8 Å². The van der Waals surface area contributed by atoms with Gasteiger partial charge in [-0.05, 0) is 26.7 Å². The predicted molar refractivity (Wildman–Crippen MR) is 80.1 cm³/mol. The Morgan fingerprint density at radius 2 is 1.83 bits per heavy atom. The fraction of sp³-hybridized carbons (Fsp3) is 0.769. The van der Waals surface area contributed by atoms with Gasteiger partial charge in [0.15, 0.2) is 0 Å². The lowest BCUT2D eigenvalue weighted by atomic mass is 9.82. The summed E-state index contributed by atoms with van der Waals surface area (Å²) in [5.74, 6) is 1.10. The normalized spacial score (nSPS) is 12.1. The first-order valence-corrected chi connectivity index (χ1v) is 7.82. The van der Waals surface area contributed by atoms with Crippen molar-refractivity contribution in [1.29, 1.82) is 0 Å². The molecule has 1 rings (SSSR count). The minimum Gasteiger partial charge on any atom is -0.268 e. The molecule has 0 fully saturated rings. The minimum absolute atomic E-state index is 0.0824. The summed E-state index contributed by atoms with van der Waals surface area (Å²) in [6.07, 6.45) is 2.86. The summed E-state index contributed by atoms with van der Waals surface area (Å²) >= 11 is 18.6. The highest BCUT2D eigenvalue weighted by molar-refractivity contribution is 6.31. The number of aromatic nitrogens is 2. The topological polar surface area (TPSA) is 17.8 Å². The van der Waals surface area contributed by atoms with Crippen LogP contribution in [0.1, 0.15) is 38.1 Å². The van der Waals surface area contributed by atoms with Crippen LogP contribution in [0.25, 0.3) is 0 Å². The summed E-state index contributed by atoms with van der Waals surface area (Å²) < 4.78 is 1.96. The average molecular weight is 312 g/mol. The molecular formula is C13H21Cl3N2. The molecule has 2 nitrogen and oxygen atoms in total. The maximum absolute atomic E-state index is 6.34. The van der Waals surface area contributed by atoms with Crippen molar-refractivity contribution in [2.24, 2.45) is 5.41 Å². The summed E-state index contributed by atoms with van der Waals surface area (Å²) in [4.78, 5) is 0. The first kappa shape index (κ1) is 16.1. The Morgan fingerprint density at radius 1 is 1.22 bits per heavy atom. The van der Waals surface area contributed by atoms with Crippen LogP contribution in [-0.4, -0.2) is 21.5 Å². The maximum atomic E-state index is 6.34. The van der Waals surface area contributed by atoms with Crippen molar-refractivity contribution >= 4 is 34.8 Å². The summed E-state index contributed by atoms with van der Waals surface area (Å²) in [7, 11) is 0. The predicted octanol–water partition coefficient (Wildman–Crippen LogP) is 4.67. The number of nitrogens with zero attached hydrogens (tertiary/aromatic N) is 2. The van der Waals surface area contributed by atoms with E-state index in [1.807, 2.05) is 11.6 Å². The molecule has 0 unspecified atom stereocenters. The SMILES string of the molecule is CCCC(CCl)(CCl)Cc1c(Cl)c(C)nn1CC. The zero-order chi connectivity index (χ0) is 13.8. The van der Waals surface area contributed by atoms with Gasteiger partial charge in [0, 0.05) is 23.7 Å². The standard InChI is InChI=1S/C13H21Cl3N2/c1-4-6-13(8-14,9-15)7-11-12(16)10(3)17-18(11)5-2/h4-9H2,1-3H3. The van der Waals surface area contributed by atoms with E-state index in [1.165, 1.54) is 0 Å². The van der Waals surface area contributed by atoms with Crippen molar-refractivity contribution in [2.45, 2.75) is 46.6 Å². The van der Waals surface area contributed by atoms with E-state index in [0.717, 1.165) is 42.2 Å². The average Bonchev–Trinajstić information content (AvgIpc) is 2.65. The molecule has 0 aliphatic rings. The van der Waals surface area contributed by atoms with Crippen LogP contribution < -0.4 is 0 Å². The van der Waals surface area contributed by atoms with Crippen LogP contribution in [-0.2, 0) is 13.0 Å². The molecule has 1 aromatic heterocycles. The largest absolute Gasteiger partial charge is 0.268 e. The molecule has 1 heterocycles. The molecule has 0 aliphatic heterocycles. The Kier molecular flexibility index (Phi) is 6.29. The second kappa shape index (κ2) is 7.02. The van der Waals surface area contributed by atoms with Gasteiger partial charge in [-0.25, -0.2) is 0 Å². The van der Waals surface area contributed by atoms with Crippen molar-refractivity contribution in [3.05, 3.63) is 16.4 Å². The third-order valence-electron chi connectivity index (χ3n) is 3.34. The Bertz CT molecular complexity index is 384. The molecule has 0 aromatic carbocycles. The van der Waals surface area contributed by atoms with E-state index < -0.39 is 0 Å². The van der Waals surface area contributed by atoms with E-state index in [0.29, 0.717) is 11.8 Å². The van der Waals surface area contributed by atoms with Crippen LogP contribution in [0.4, 0.5) is 0 Å². The summed E-state index contributed by atoms with van der Waals surface area (Å²) in [6, 6.07) is 0. The Morgan fingerprint density at radius 3 is 2.28 bits per heavy atom. The Labute approximate surface area is 125 Å². The fourth-order valence-corrected chi connectivity index (χ4v) is 3.22. The molecule has 0 aliphatic carbocycles. The highest BCUT2D eigenvalue weighted by atomic mass is 35.5. The molecule has 0 amide bonds. The number of rotatable bonds is 7. The van der Waals surface area contributed by atoms with Crippen molar-refractivity contribution < 1.29 is 0 Å². The molecule has 0 bridgehead atoms. The lowest BCUT2D eigenvalue weighted by Crippen LogP contribution is -2.29. The minimum atomic E-state index is -0.0824. The lowest BCUT2D eigenvalue weighted by molar-refractivity contribution is 0.330. The van der Waals surface area contributed by atoms with Crippen molar-refractivity contribution in [1.82, 2.24) is 9.78 Å². The van der Waals surface area contributed by atoms with E-state index in [4.69, 9.17) is 34.8 Å². The summed E-state index contributed by atoms with van der Waals surface area (Å²) in [6.45, 7) is 6.96. The second-order valence-corrected chi connectivity index (χ2v) is 5.77. The van der Waals surface area contributed by atoms with Crippen LogP contribution in [0, 0.1) is 12.3 Å². The monoisotopic (exact) mass is 310 g/mol. The first-order chi connectivity index (χ1) is 8.53. The summed E-state index contributed by atoms with van der Waals surface area (Å²) in [5, 5.41) is 5.20. The van der Waals surface area contributed by atoms with Gasteiger partial charge in [-0.3, -0.25) is 4.68 Å². The van der Waals surface area contributed by atoms with Crippen LogP contribution in [0.3, 0.4) is 0 Å². The van der Waals surface area contributed by atoms with Crippen LogP contribution in [0.2, 0.25) is 5.02 Å². The molecule has 0 saturated heterocycles. The van der Waals surface area contributed by atoms with Gasteiger partial charge in [-0.15, -0.1) is 23.2 Å². The van der Waals surface area contributed by atoms with Crippen molar-refractivity contribution in [3.63, 3.8) is 0 Å². The van der Waals surface area contributed by atoms with E-state index >= 15 is 0 Å². The third-order valence-corrected chi connectivity index (χ3v) is 4.97. The van der Waals surface area contributed by atoms with Crippen LogP contribution in [0.15, 0.2) is 0 Å². The lowest BCUT2D eigenvalue weighted by Gasteiger charge is -2.29. The van der Waals surface area contributed by atoms with Gasteiger partial charge in [-0.2, -0.15) is 5.10 Å². The van der Waals surface area contributed by atoms with Crippen LogP contribution in [0.5, 0.6) is 0 Å². The van der Waals surface area contributed by atoms with E-state index in [9.17, 15) is 0 Å². The molecule has 18 heavy (non-hydrogen) atoms. The molecule has 104 valence electrons. The van der Waals surface area contributed by atoms with E-state index in [-0.39, 0.29) is 5.41 Å². The Hall–Kier alpha value is 0.0800. The first-order valence-electron chi connectivity index (χ1n) is 6.37. The Balaban J connectivity index is 3.07. The molecular weight excluding hydrogens is 291 g/mol. The number of hydrogen-bond donors (Lipinski definition) is 0. The van der Waals surface area contributed by atoms with Gasteiger partial charge >= 0.3 is 0 Å². The quantitative estimate of drug-likeness (QED) is 0.669. The molecule has 0 atom stereocenters. The van der Waals surface area contributed by atoms with Gasteiger partial charge < -0.3 is 0 Å². The molecule has 0 radical (unpaired) electrons. The zero-order valence-electron chi connectivity index (χ0n) is 11.3. The number of hydrogen-bond acceptors (Lipinski definition) is 1. The third kappa shape index (κ3) is 3.34. The molecule has 0 N–H and O–H groups in total. The maximum Gasteiger partial charge on any atom is 0.0847 e. The molecule has 0 saturated carbocycles. The number of aryl methyl sites for hydroxylation is 2. The van der Waals surface area contributed by atoms with E-state index in [1.54, 1.807) is 0 Å². The van der Waals surface area contributed by atoms with Gasteiger partial charge in [-0.1, -0.05) is 24.9 Å². The fourth-order valence-electron chi connectivity index (χ4n) is 2.28. The molecule has 5 heteroatoms. The van der Waals surface area contributed by atoms with Gasteiger partial charge in [0.05, 0.1) is 16.4 Å². The van der Waals surface area contributed by atoms with Gasteiger partial charge in [0.25, 0.3) is 0 Å².